The summed E-state index contributed by atoms with van der Waals surface area (Å²) in [5.74, 6) is -1.28. The Morgan fingerprint density at radius 3 is 2.95 bits per heavy atom. The Balaban J connectivity index is 1.76. The minimum atomic E-state index is -0.828. The van der Waals surface area contributed by atoms with E-state index < -0.39 is 11.9 Å². The lowest BCUT2D eigenvalue weighted by Crippen LogP contribution is -2.39. The van der Waals surface area contributed by atoms with Gasteiger partial charge < -0.3 is 15.3 Å². The molecule has 0 radical (unpaired) electrons. The molecule has 2 amide bonds. The molecule has 1 aliphatic rings. The molecule has 1 aliphatic heterocycles. The highest BCUT2D eigenvalue weighted by Crippen LogP contribution is 2.22. The largest absolute Gasteiger partial charge is 0.481 e. The first-order valence-electron chi connectivity index (χ1n) is 6.20. The third-order valence-corrected chi connectivity index (χ3v) is 3.99. The fourth-order valence-electron chi connectivity index (χ4n) is 2.22. The number of aliphatic carboxylic acids is 1. The summed E-state index contributed by atoms with van der Waals surface area (Å²) >= 11 is 1.53. The van der Waals surface area contributed by atoms with Gasteiger partial charge in [0, 0.05) is 31.4 Å². The van der Waals surface area contributed by atoms with Gasteiger partial charge in [0.1, 0.15) is 0 Å². The van der Waals surface area contributed by atoms with Crippen LogP contribution in [0.1, 0.15) is 12.6 Å². The van der Waals surface area contributed by atoms with Crippen LogP contribution in [0.2, 0.25) is 0 Å². The molecule has 0 saturated carbocycles. The molecule has 7 heteroatoms. The number of carbonyl (C=O) groups excluding carboxylic acids is 1. The van der Waals surface area contributed by atoms with Crippen LogP contribution in [0.5, 0.6) is 0 Å². The molecule has 1 aromatic heterocycles. The van der Waals surface area contributed by atoms with Crippen LogP contribution < -0.4 is 5.32 Å². The monoisotopic (exact) mass is 283 g/mol. The third kappa shape index (κ3) is 3.44. The van der Waals surface area contributed by atoms with Gasteiger partial charge in [-0.15, -0.1) is 11.3 Å². The zero-order valence-electron chi connectivity index (χ0n) is 10.7. The molecule has 6 nitrogen and oxygen atoms in total. The van der Waals surface area contributed by atoms with E-state index in [9.17, 15) is 9.59 Å². The van der Waals surface area contributed by atoms with Crippen LogP contribution in [0.4, 0.5) is 4.79 Å². The summed E-state index contributed by atoms with van der Waals surface area (Å²) in [4.78, 5) is 28.6. The Kier molecular flexibility index (Phi) is 4.36. The van der Waals surface area contributed by atoms with Crippen molar-refractivity contribution < 1.29 is 14.7 Å². The minimum Gasteiger partial charge on any atom is -0.481 e. The maximum atomic E-state index is 11.9. The number of likely N-dealkylation sites (tertiary alicyclic amines) is 1. The molecule has 1 aromatic rings. The summed E-state index contributed by atoms with van der Waals surface area (Å²) in [5.41, 5.74) is 2.72. The van der Waals surface area contributed by atoms with Gasteiger partial charge in [0.2, 0.25) is 0 Å². The minimum absolute atomic E-state index is 0.00166. The fourth-order valence-corrected chi connectivity index (χ4v) is 2.82. The number of rotatable bonds is 4. The van der Waals surface area contributed by atoms with Crippen molar-refractivity contribution in [2.24, 2.45) is 11.8 Å². The van der Waals surface area contributed by atoms with Crippen molar-refractivity contribution in [3.8, 4) is 0 Å². The molecule has 1 saturated heterocycles. The predicted octanol–water partition coefficient (Wildman–Crippen LogP) is 1.05. The van der Waals surface area contributed by atoms with Gasteiger partial charge in [0.05, 0.1) is 17.1 Å². The van der Waals surface area contributed by atoms with Gasteiger partial charge in [0.25, 0.3) is 0 Å². The second kappa shape index (κ2) is 6.01. The van der Waals surface area contributed by atoms with Gasteiger partial charge >= 0.3 is 12.0 Å². The highest BCUT2D eigenvalue weighted by Gasteiger charge is 2.36. The quantitative estimate of drug-likeness (QED) is 0.865. The number of hydrogen-bond acceptors (Lipinski definition) is 4. The molecule has 0 bridgehead atoms. The Morgan fingerprint density at radius 1 is 1.58 bits per heavy atom. The average molecular weight is 283 g/mol. The van der Waals surface area contributed by atoms with Crippen LogP contribution in [-0.2, 0) is 11.2 Å². The van der Waals surface area contributed by atoms with Crippen molar-refractivity contribution in [2.45, 2.75) is 13.3 Å². The topological polar surface area (TPSA) is 82.5 Å². The molecule has 19 heavy (non-hydrogen) atoms. The Bertz CT molecular complexity index is 449. The molecule has 2 N–H and O–H groups in total. The Labute approximate surface area is 115 Å². The zero-order chi connectivity index (χ0) is 13.8. The fraction of sp³-hybridized carbons (Fsp3) is 0.583. The van der Waals surface area contributed by atoms with Crippen molar-refractivity contribution in [2.75, 3.05) is 19.6 Å². The smallest absolute Gasteiger partial charge is 0.317 e. The van der Waals surface area contributed by atoms with Crippen molar-refractivity contribution in [3.63, 3.8) is 0 Å². The summed E-state index contributed by atoms with van der Waals surface area (Å²) in [6.45, 7) is 3.17. The van der Waals surface area contributed by atoms with Crippen LogP contribution in [0.15, 0.2) is 10.9 Å². The van der Waals surface area contributed by atoms with Gasteiger partial charge in [-0.25, -0.2) is 9.78 Å². The Morgan fingerprint density at radius 2 is 2.37 bits per heavy atom. The van der Waals surface area contributed by atoms with Gasteiger partial charge in [-0.2, -0.15) is 0 Å². The number of urea groups is 1. The van der Waals surface area contributed by atoms with E-state index in [2.05, 4.69) is 10.3 Å². The van der Waals surface area contributed by atoms with E-state index >= 15 is 0 Å². The standard InChI is InChI=1S/C12H17N3O3S/c1-8-4-15(5-10(8)11(16)17)12(18)13-3-2-9-6-19-7-14-9/h6-8,10H,2-5H2,1H3,(H,13,18)(H,16,17). The summed E-state index contributed by atoms with van der Waals surface area (Å²) in [5, 5.41) is 13.8. The lowest BCUT2D eigenvalue weighted by Gasteiger charge is -2.16. The molecule has 0 aromatic carbocycles. The third-order valence-electron chi connectivity index (χ3n) is 3.36. The molecule has 0 spiro atoms. The van der Waals surface area contributed by atoms with E-state index in [1.165, 1.54) is 11.3 Å². The molecular formula is C12H17N3O3S. The lowest BCUT2D eigenvalue weighted by molar-refractivity contribution is -0.142. The number of hydrogen-bond donors (Lipinski definition) is 2. The van der Waals surface area contributed by atoms with Crippen LogP contribution in [-0.4, -0.2) is 46.6 Å². The highest BCUT2D eigenvalue weighted by molar-refractivity contribution is 7.07. The summed E-state index contributed by atoms with van der Waals surface area (Å²) < 4.78 is 0. The zero-order valence-corrected chi connectivity index (χ0v) is 11.5. The van der Waals surface area contributed by atoms with Gasteiger partial charge in [-0.05, 0) is 5.92 Å². The number of amides is 2. The molecular weight excluding hydrogens is 266 g/mol. The van der Waals surface area contributed by atoms with E-state index in [1.54, 1.807) is 10.4 Å². The summed E-state index contributed by atoms with van der Waals surface area (Å²) in [7, 11) is 0. The maximum Gasteiger partial charge on any atom is 0.317 e. The van der Waals surface area contributed by atoms with Crippen LogP contribution in [0.3, 0.4) is 0 Å². The average Bonchev–Trinajstić information content (AvgIpc) is 2.98. The molecule has 0 aliphatic carbocycles. The van der Waals surface area contributed by atoms with Crippen molar-refractivity contribution in [1.82, 2.24) is 15.2 Å². The number of carboxylic acids is 1. The van der Waals surface area contributed by atoms with Gasteiger partial charge in [-0.3, -0.25) is 4.79 Å². The first-order valence-corrected chi connectivity index (χ1v) is 7.15. The van der Waals surface area contributed by atoms with Crippen LogP contribution in [0.25, 0.3) is 0 Å². The molecule has 2 unspecified atom stereocenters. The number of thiazole rings is 1. The number of carboxylic acid groups (broad SMARTS) is 1. The molecule has 1 fully saturated rings. The normalized spacial score (nSPS) is 22.5. The highest BCUT2D eigenvalue weighted by atomic mass is 32.1. The SMILES string of the molecule is CC1CN(C(=O)NCCc2cscn2)CC1C(=O)O. The molecule has 2 rings (SSSR count). The van der Waals surface area contributed by atoms with Crippen molar-refractivity contribution >= 4 is 23.3 Å². The maximum absolute atomic E-state index is 11.9. The number of aromatic nitrogens is 1. The van der Waals surface area contributed by atoms with Crippen molar-refractivity contribution in [3.05, 3.63) is 16.6 Å². The van der Waals surface area contributed by atoms with E-state index in [1.807, 2.05) is 12.3 Å². The number of nitrogens with one attached hydrogen (secondary N) is 1. The number of carbonyl (C=O) groups is 2. The Hall–Kier alpha value is -1.63. The van der Waals surface area contributed by atoms with Crippen LogP contribution in [0, 0.1) is 11.8 Å². The molecule has 2 heterocycles. The van der Waals surface area contributed by atoms with E-state index in [0.717, 1.165) is 5.69 Å². The van der Waals surface area contributed by atoms with Gasteiger partial charge in [0.15, 0.2) is 0 Å². The van der Waals surface area contributed by atoms with Crippen LogP contribution >= 0.6 is 11.3 Å². The van der Waals surface area contributed by atoms with Crippen molar-refractivity contribution in [1.29, 1.82) is 0 Å². The summed E-state index contributed by atoms with van der Waals surface area (Å²) in [6, 6.07) is -0.189. The second-order valence-electron chi connectivity index (χ2n) is 4.79. The first kappa shape index (κ1) is 13.8. The van der Waals surface area contributed by atoms with E-state index in [0.29, 0.717) is 26.1 Å². The summed E-state index contributed by atoms with van der Waals surface area (Å²) in [6.07, 6.45) is 0.695. The predicted molar refractivity (Wildman–Crippen MR) is 71.1 cm³/mol. The van der Waals surface area contributed by atoms with Gasteiger partial charge in [-0.1, -0.05) is 6.92 Å². The molecule has 2 atom stereocenters. The van der Waals surface area contributed by atoms with E-state index in [4.69, 9.17) is 5.11 Å². The molecule has 104 valence electrons. The number of nitrogens with zero attached hydrogens (tertiary/aromatic N) is 2. The lowest BCUT2D eigenvalue weighted by atomic mass is 9.99. The first-order chi connectivity index (χ1) is 9.08. The van der Waals surface area contributed by atoms with E-state index in [-0.39, 0.29) is 11.9 Å². The second-order valence-corrected chi connectivity index (χ2v) is 5.51.